The zero-order valence-corrected chi connectivity index (χ0v) is 14.9. The Morgan fingerprint density at radius 3 is 2.00 bits per heavy atom. The van der Waals surface area contributed by atoms with Gasteiger partial charge in [0.15, 0.2) is 11.6 Å². The number of nitrogen functional groups attached to an aromatic ring is 1. The van der Waals surface area contributed by atoms with Gasteiger partial charge in [-0.25, -0.2) is 9.00 Å². The van der Waals surface area contributed by atoms with Gasteiger partial charge in [-0.05, 0) is 37.3 Å². The number of hydrogen-bond donors (Lipinski definition) is 3. The molecule has 0 fully saturated rings. The van der Waals surface area contributed by atoms with E-state index in [-0.39, 0.29) is 17.1 Å². The summed E-state index contributed by atoms with van der Waals surface area (Å²) < 4.78 is 24.1. The molecule has 1 unspecified atom stereocenters. The summed E-state index contributed by atoms with van der Waals surface area (Å²) >= 11 is -2.86. The first-order valence-electron chi connectivity index (χ1n) is 7.37. The normalized spacial score (nSPS) is 13.1. The number of rotatable bonds is 1. The molecule has 0 amide bonds. The number of carbonyl (C=O) groups is 3. The first-order valence-corrected chi connectivity index (χ1v) is 8.40. The highest BCUT2D eigenvalue weighted by Crippen LogP contribution is 2.20. The van der Waals surface area contributed by atoms with Crippen molar-refractivity contribution in [2.45, 2.75) is 6.92 Å². The molecule has 0 saturated heterocycles. The second kappa shape index (κ2) is 10.1. The Labute approximate surface area is 157 Å². The van der Waals surface area contributed by atoms with Crippen molar-refractivity contribution in [2.75, 3.05) is 5.73 Å². The van der Waals surface area contributed by atoms with Gasteiger partial charge in [-0.1, -0.05) is 24.3 Å². The van der Waals surface area contributed by atoms with E-state index < -0.39 is 17.3 Å². The minimum atomic E-state index is -2.86. The van der Waals surface area contributed by atoms with Gasteiger partial charge in [0.05, 0.1) is 16.9 Å². The predicted octanol–water partition coefficient (Wildman–Crippen LogP) is 2.32. The van der Waals surface area contributed by atoms with E-state index in [1.807, 2.05) is 0 Å². The van der Waals surface area contributed by atoms with Crippen molar-refractivity contribution < 1.29 is 32.8 Å². The summed E-state index contributed by atoms with van der Waals surface area (Å²) in [4.78, 5) is 33.2. The molecule has 0 heterocycles. The number of ketones is 2. The van der Waals surface area contributed by atoms with Gasteiger partial charge in [0, 0.05) is 22.4 Å². The van der Waals surface area contributed by atoms with E-state index in [2.05, 4.69) is 0 Å². The topological polar surface area (TPSA) is 158 Å². The summed E-state index contributed by atoms with van der Waals surface area (Å²) in [6.45, 7) is 1.66. The summed E-state index contributed by atoms with van der Waals surface area (Å²) in [7, 11) is 0. The van der Waals surface area contributed by atoms with Gasteiger partial charge in [0.1, 0.15) is 0 Å². The molecule has 0 spiro atoms. The lowest BCUT2D eigenvalue weighted by Crippen LogP contribution is -2.14. The van der Waals surface area contributed by atoms with Gasteiger partial charge in [0.2, 0.25) is 0 Å². The van der Waals surface area contributed by atoms with Crippen LogP contribution in [0.25, 0.3) is 0 Å². The van der Waals surface area contributed by atoms with Crippen molar-refractivity contribution in [3.05, 3.63) is 76.9 Å². The van der Waals surface area contributed by atoms with Gasteiger partial charge in [-0.2, -0.15) is 0 Å². The molecule has 0 radical (unpaired) electrons. The van der Waals surface area contributed by atoms with Gasteiger partial charge >= 0.3 is 5.97 Å². The number of fused-ring (bicyclic) bond motifs is 1. The Hall–Kier alpha value is -3.14. The van der Waals surface area contributed by atoms with Crippen LogP contribution >= 0.6 is 0 Å². The maximum absolute atomic E-state index is 11.5. The fourth-order valence-electron chi connectivity index (χ4n) is 2.07. The number of hydrogen-bond acceptors (Lipinski definition) is 6. The standard InChI is InChI=1S/C11H8O2.C7H7NO2.H2O3S/c1-7-6-10(12)8-4-2-3-5-9(8)11(7)13;8-6-3-1-5(2-4-6)7(9)10;1-4(2)3/h2-6H,1H3;1-4H,8H2,(H,9,10);(H2,1,2,3)/p-1. The smallest absolute Gasteiger partial charge is 0.335 e. The highest BCUT2D eigenvalue weighted by Gasteiger charge is 2.21. The third kappa shape index (κ3) is 6.94. The van der Waals surface area contributed by atoms with E-state index in [0.29, 0.717) is 22.4 Å². The minimum absolute atomic E-state index is 0.0461. The molecule has 1 atom stereocenters. The molecule has 0 saturated carbocycles. The number of benzene rings is 2. The SMILES string of the molecule is CC1=CC(=O)c2ccccc2C1=O.Nc1ccc(C(=O)O)cc1.O=S([O-])O. The van der Waals surface area contributed by atoms with Crippen LogP contribution in [0.3, 0.4) is 0 Å². The molecule has 3 rings (SSSR count). The van der Waals surface area contributed by atoms with Crippen LogP contribution in [0.4, 0.5) is 5.69 Å². The number of anilines is 1. The Morgan fingerprint density at radius 1 is 1.04 bits per heavy atom. The molecule has 2 aromatic carbocycles. The number of nitrogens with two attached hydrogens (primary N) is 1. The fourth-order valence-corrected chi connectivity index (χ4v) is 2.07. The van der Waals surface area contributed by atoms with Crippen molar-refractivity contribution in [1.29, 1.82) is 0 Å². The summed E-state index contributed by atoms with van der Waals surface area (Å²) in [5.74, 6) is -1.05. The molecule has 4 N–H and O–H groups in total. The molecule has 0 aliphatic heterocycles. The monoisotopic (exact) mass is 390 g/mol. The molecule has 27 heavy (non-hydrogen) atoms. The fraction of sp³-hybridized carbons (Fsp3) is 0.0556. The Kier molecular flexibility index (Phi) is 8.21. The molecule has 0 bridgehead atoms. The zero-order valence-electron chi connectivity index (χ0n) is 14.1. The van der Waals surface area contributed by atoms with Crippen molar-refractivity contribution in [2.24, 2.45) is 0 Å². The van der Waals surface area contributed by atoms with Crippen LogP contribution in [-0.2, 0) is 11.4 Å². The largest absolute Gasteiger partial charge is 0.750 e. The first kappa shape index (κ1) is 21.9. The van der Waals surface area contributed by atoms with Crippen molar-refractivity contribution in [1.82, 2.24) is 0 Å². The maximum atomic E-state index is 11.5. The van der Waals surface area contributed by atoms with Gasteiger partial charge in [0.25, 0.3) is 0 Å². The average molecular weight is 390 g/mol. The predicted molar refractivity (Wildman–Crippen MR) is 98.2 cm³/mol. The number of Topliss-reactive ketones (excluding diaryl/α,β-unsaturated/α-hetero) is 1. The van der Waals surface area contributed by atoms with Crippen LogP contribution in [0, 0.1) is 0 Å². The van der Waals surface area contributed by atoms with E-state index >= 15 is 0 Å². The van der Waals surface area contributed by atoms with Crippen molar-refractivity contribution in [3.63, 3.8) is 0 Å². The lowest BCUT2D eigenvalue weighted by molar-refractivity contribution is 0.0696. The molecule has 142 valence electrons. The van der Waals surface area contributed by atoms with E-state index in [1.54, 1.807) is 43.3 Å². The average Bonchev–Trinajstić information content (AvgIpc) is 2.60. The first-order chi connectivity index (χ1) is 12.6. The summed E-state index contributed by atoms with van der Waals surface area (Å²) in [5.41, 5.74) is 7.72. The number of carbonyl (C=O) groups excluding carboxylic acids is 2. The number of aromatic carboxylic acids is 1. The summed E-state index contributed by atoms with van der Waals surface area (Å²) in [5, 5.41) is 8.43. The van der Waals surface area contributed by atoms with E-state index in [1.165, 1.54) is 18.2 Å². The lowest BCUT2D eigenvalue weighted by atomic mass is 9.90. The molecule has 9 heteroatoms. The molecular formula is C18H16NO7S-. The van der Waals surface area contributed by atoms with Crippen LogP contribution in [0.15, 0.2) is 60.2 Å². The summed E-state index contributed by atoms with van der Waals surface area (Å²) in [6, 6.07) is 13.0. The second-order valence-electron chi connectivity index (χ2n) is 5.21. The Balaban J connectivity index is 0.000000232. The minimum Gasteiger partial charge on any atom is -0.750 e. The summed E-state index contributed by atoms with van der Waals surface area (Å²) in [6.07, 6.45) is 1.39. The van der Waals surface area contributed by atoms with Gasteiger partial charge < -0.3 is 19.9 Å². The quantitative estimate of drug-likeness (QED) is 0.494. The second-order valence-corrected chi connectivity index (χ2v) is 5.64. The third-order valence-electron chi connectivity index (χ3n) is 3.30. The van der Waals surface area contributed by atoms with E-state index in [0.717, 1.165) is 0 Å². The zero-order chi connectivity index (χ0) is 20.6. The van der Waals surface area contributed by atoms with Crippen molar-refractivity contribution in [3.8, 4) is 0 Å². The van der Waals surface area contributed by atoms with Crippen LogP contribution in [-0.4, -0.2) is 36.0 Å². The van der Waals surface area contributed by atoms with Crippen LogP contribution < -0.4 is 5.73 Å². The molecule has 2 aromatic rings. The maximum Gasteiger partial charge on any atom is 0.335 e. The van der Waals surface area contributed by atoms with Crippen molar-refractivity contribution >= 4 is 34.6 Å². The third-order valence-corrected chi connectivity index (χ3v) is 3.30. The molecule has 0 aromatic heterocycles. The highest BCUT2D eigenvalue weighted by atomic mass is 32.2. The van der Waals surface area contributed by atoms with Gasteiger partial charge in [-0.3, -0.25) is 9.59 Å². The van der Waals surface area contributed by atoms with E-state index in [9.17, 15) is 14.4 Å². The Morgan fingerprint density at radius 2 is 1.52 bits per heavy atom. The van der Waals surface area contributed by atoms with E-state index in [4.69, 9.17) is 24.2 Å². The molecular weight excluding hydrogens is 374 g/mol. The number of carboxylic acids is 1. The lowest BCUT2D eigenvalue weighted by Gasteiger charge is -2.11. The van der Waals surface area contributed by atoms with Crippen LogP contribution in [0.2, 0.25) is 0 Å². The van der Waals surface area contributed by atoms with Crippen LogP contribution in [0.1, 0.15) is 38.0 Å². The molecule has 8 nitrogen and oxygen atoms in total. The number of carboxylic acid groups (broad SMARTS) is 1. The highest BCUT2D eigenvalue weighted by molar-refractivity contribution is 7.73. The molecule has 1 aliphatic carbocycles. The van der Waals surface area contributed by atoms with Crippen LogP contribution in [0.5, 0.6) is 0 Å². The number of allylic oxidation sites excluding steroid dienone is 2. The van der Waals surface area contributed by atoms with Gasteiger partial charge in [-0.15, -0.1) is 0 Å². The Bertz CT molecular complexity index is 900. The molecule has 1 aliphatic rings.